The van der Waals surface area contributed by atoms with Crippen LogP contribution in [0, 0.1) is 5.82 Å². The minimum absolute atomic E-state index is 0.00750. The molecule has 178 valence electrons. The van der Waals surface area contributed by atoms with Gasteiger partial charge < -0.3 is 19.7 Å². The van der Waals surface area contributed by atoms with E-state index in [4.69, 9.17) is 9.47 Å². The van der Waals surface area contributed by atoms with E-state index in [1.54, 1.807) is 6.07 Å². The molecule has 0 bridgehead atoms. The van der Waals surface area contributed by atoms with Gasteiger partial charge in [0, 0.05) is 19.7 Å². The maximum Gasteiger partial charge on any atom is 0.244 e. The van der Waals surface area contributed by atoms with E-state index >= 15 is 0 Å². The molecule has 1 aliphatic heterocycles. The number of halogens is 1. The van der Waals surface area contributed by atoms with Crippen molar-refractivity contribution >= 4 is 27.5 Å². The van der Waals surface area contributed by atoms with Gasteiger partial charge in [-0.25, -0.2) is 12.8 Å². The fraction of sp³-hybridized carbons (Fsp3) is 0.364. The number of carbonyl (C=O) groups is 2. The molecule has 1 unspecified atom stereocenters. The van der Waals surface area contributed by atoms with Gasteiger partial charge in [0.25, 0.3) is 0 Å². The number of hydrogen-bond donors (Lipinski definition) is 1. The third kappa shape index (κ3) is 5.92. The Hall–Kier alpha value is -3.34. The first-order chi connectivity index (χ1) is 15.6. The van der Waals surface area contributed by atoms with Crippen LogP contribution in [-0.2, 0) is 26.2 Å². The number of nitrogens with zero attached hydrogens (tertiary/aromatic N) is 2. The summed E-state index contributed by atoms with van der Waals surface area (Å²) in [5.74, 6) is -0.595. The smallest absolute Gasteiger partial charge is 0.244 e. The lowest BCUT2D eigenvalue weighted by atomic mass is 10.1. The zero-order valence-corrected chi connectivity index (χ0v) is 19.4. The monoisotopic (exact) mass is 479 g/mol. The molecule has 1 N–H and O–H groups in total. The Morgan fingerprint density at radius 2 is 1.73 bits per heavy atom. The highest BCUT2D eigenvalue weighted by Crippen LogP contribution is 2.34. The maximum atomic E-state index is 13.3. The molecule has 11 heteroatoms. The molecule has 2 aromatic carbocycles. The van der Waals surface area contributed by atoms with Gasteiger partial charge in [0.1, 0.15) is 31.6 Å². The summed E-state index contributed by atoms with van der Waals surface area (Å²) >= 11 is 0. The first-order valence-corrected chi connectivity index (χ1v) is 12.1. The molecule has 9 nitrogen and oxygen atoms in total. The number of amides is 2. The van der Waals surface area contributed by atoms with Gasteiger partial charge in [-0.3, -0.25) is 13.9 Å². The van der Waals surface area contributed by atoms with E-state index in [2.05, 4.69) is 5.32 Å². The highest BCUT2D eigenvalue weighted by atomic mass is 32.2. The third-order valence-corrected chi connectivity index (χ3v) is 6.31. The molecule has 0 saturated carbocycles. The number of nitrogens with one attached hydrogen (secondary N) is 1. The second-order valence-electron chi connectivity index (χ2n) is 7.54. The van der Waals surface area contributed by atoms with Gasteiger partial charge in [-0.15, -0.1) is 0 Å². The lowest BCUT2D eigenvalue weighted by Crippen LogP contribution is -2.50. The van der Waals surface area contributed by atoms with Crippen LogP contribution < -0.4 is 19.1 Å². The Balaban J connectivity index is 1.91. The van der Waals surface area contributed by atoms with Crippen LogP contribution >= 0.6 is 0 Å². The molecule has 0 aliphatic carbocycles. The molecule has 0 fully saturated rings. The van der Waals surface area contributed by atoms with Gasteiger partial charge >= 0.3 is 0 Å². The number of carbonyl (C=O) groups excluding carboxylic acids is 2. The zero-order valence-electron chi connectivity index (χ0n) is 18.6. The molecular formula is C22H26FN3O6S. The average molecular weight is 480 g/mol. The van der Waals surface area contributed by atoms with Gasteiger partial charge in [0.2, 0.25) is 21.8 Å². The Morgan fingerprint density at radius 1 is 1.09 bits per heavy atom. The summed E-state index contributed by atoms with van der Waals surface area (Å²) in [6.45, 7) is 1.70. The predicted octanol–water partition coefficient (Wildman–Crippen LogP) is 1.53. The van der Waals surface area contributed by atoms with Crippen molar-refractivity contribution in [2.24, 2.45) is 0 Å². The van der Waals surface area contributed by atoms with Crippen LogP contribution in [0.3, 0.4) is 0 Å². The summed E-state index contributed by atoms with van der Waals surface area (Å²) in [7, 11) is -2.42. The molecule has 33 heavy (non-hydrogen) atoms. The largest absolute Gasteiger partial charge is 0.486 e. The van der Waals surface area contributed by atoms with Crippen LogP contribution in [0.1, 0.15) is 12.5 Å². The van der Waals surface area contributed by atoms with Gasteiger partial charge in [-0.1, -0.05) is 12.1 Å². The molecule has 3 rings (SSSR count). The summed E-state index contributed by atoms with van der Waals surface area (Å²) in [5, 5.41) is 2.49. The number of rotatable bonds is 8. The Kier molecular flexibility index (Phi) is 7.42. The molecule has 1 aliphatic rings. The molecular weight excluding hydrogens is 453 g/mol. The minimum atomic E-state index is -3.86. The summed E-state index contributed by atoms with van der Waals surface area (Å²) in [5.41, 5.74) is 0.815. The van der Waals surface area contributed by atoms with Crippen LogP contribution in [0.4, 0.5) is 10.1 Å². The van der Waals surface area contributed by atoms with Crippen LogP contribution in [0.2, 0.25) is 0 Å². The summed E-state index contributed by atoms with van der Waals surface area (Å²) < 4.78 is 50.4. The lowest BCUT2D eigenvalue weighted by Gasteiger charge is -2.31. The van der Waals surface area contributed by atoms with E-state index in [0.29, 0.717) is 30.3 Å². The molecule has 0 saturated heterocycles. The van der Waals surface area contributed by atoms with Crippen molar-refractivity contribution in [3.8, 4) is 11.5 Å². The van der Waals surface area contributed by atoms with E-state index in [1.165, 1.54) is 55.3 Å². The first-order valence-electron chi connectivity index (χ1n) is 10.2. The number of anilines is 1. The van der Waals surface area contributed by atoms with Crippen molar-refractivity contribution in [2.75, 3.05) is 37.4 Å². The maximum absolute atomic E-state index is 13.3. The molecule has 2 aromatic rings. The van der Waals surface area contributed by atoms with Gasteiger partial charge in [0.15, 0.2) is 11.5 Å². The highest BCUT2D eigenvalue weighted by molar-refractivity contribution is 7.92. The second-order valence-corrected chi connectivity index (χ2v) is 9.44. The van der Waals surface area contributed by atoms with E-state index in [9.17, 15) is 22.4 Å². The van der Waals surface area contributed by atoms with Crippen molar-refractivity contribution in [2.45, 2.75) is 19.5 Å². The number of fused-ring (bicyclic) bond motifs is 1. The van der Waals surface area contributed by atoms with E-state index < -0.39 is 40.2 Å². The van der Waals surface area contributed by atoms with Crippen LogP contribution in [0.5, 0.6) is 11.5 Å². The SMILES string of the molecule is CNC(=O)C(C)N(Cc1ccc(F)cc1)C(=O)CN(c1ccc2c(c1)OCCO2)S(C)(=O)=O. The molecule has 2 amide bonds. The van der Waals surface area contributed by atoms with Gasteiger partial charge in [0.05, 0.1) is 11.9 Å². The Labute approximate surface area is 192 Å². The minimum Gasteiger partial charge on any atom is -0.486 e. The third-order valence-electron chi connectivity index (χ3n) is 5.17. The topological polar surface area (TPSA) is 105 Å². The van der Waals surface area contributed by atoms with Crippen molar-refractivity contribution in [3.05, 3.63) is 53.8 Å². The highest BCUT2D eigenvalue weighted by Gasteiger charge is 2.30. The summed E-state index contributed by atoms with van der Waals surface area (Å²) in [6, 6.07) is 9.21. The first kappa shape index (κ1) is 24.3. The average Bonchev–Trinajstić information content (AvgIpc) is 2.80. The normalized spacial score (nSPS) is 13.7. The number of sulfonamides is 1. The second kappa shape index (κ2) is 10.1. The Bertz CT molecular complexity index is 1120. The summed E-state index contributed by atoms with van der Waals surface area (Å²) in [4.78, 5) is 26.8. The molecule has 1 heterocycles. The standard InChI is InChI=1S/C22H26FN3O6S/c1-15(22(28)24-2)25(13-16-4-6-17(23)7-5-16)21(27)14-26(33(3,29)30)18-8-9-19-20(12-18)32-11-10-31-19/h4-9,12,15H,10-11,13-14H2,1-3H3,(H,24,28). The van der Waals surface area contributed by atoms with Crippen molar-refractivity contribution in [1.82, 2.24) is 10.2 Å². The van der Waals surface area contributed by atoms with E-state index in [0.717, 1.165) is 10.6 Å². The zero-order chi connectivity index (χ0) is 24.2. The quantitative estimate of drug-likeness (QED) is 0.616. The molecule has 0 aromatic heterocycles. The predicted molar refractivity (Wildman–Crippen MR) is 120 cm³/mol. The van der Waals surface area contributed by atoms with Gasteiger partial charge in [-0.05, 0) is 36.8 Å². The fourth-order valence-corrected chi connectivity index (χ4v) is 4.22. The van der Waals surface area contributed by atoms with E-state index in [-0.39, 0.29) is 12.2 Å². The number of ether oxygens (including phenoxy) is 2. The van der Waals surface area contributed by atoms with Crippen LogP contribution in [0.25, 0.3) is 0 Å². The van der Waals surface area contributed by atoms with Crippen molar-refractivity contribution in [1.29, 1.82) is 0 Å². The van der Waals surface area contributed by atoms with Crippen molar-refractivity contribution in [3.63, 3.8) is 0 Å². The Morgan fingerprint density at radius 3 is 2.33 bits per heavy atom. The molecule has 0 radical (unpaired) electrons. The van der Waals surface area contributed by atoms with Gasteiger partial charge in [-0.2, -0.15) is 0 Å². The van der Waals surface area contributed by atoms with Crippen LogP contribution in [0.15, 0.2) is 42.5 Å². The van der Waals surface area contributed by atoms with Crippen LogP contribution in [-0.4, -0.2) is 64.2 Å². The molecule has 0 spiro atoms. The van der Waals surface area contributed by atoms with E-state index in [1.807, 2.05) is 0 Å². The number of benzene rings is 2. The number of likely N-dealkylation sites (N-methyl/N-ethyl adjacent to an activating group) is 1. The van der Waals surface area contributed by atoms with Crippen molar-refractivity contribution < 1.29 is 31.9 Å². The fourth-order valence-electron chi connectivity index (χ4n) is 3.38. The lowest BCUT2D eigenvalue weighted by molar-refractivity contribution is -0.139. The number of hydrogen-bond acceptors (Lipinski definition) is 6. The summed E-state index contributed by atoms with van der Waals surface area (Å²) in [6.07, 6.45) is 0.990. The molecule has 1 atom stereocenters.